The molecule has 0 amide bonds. The van der Waals surface area contributed by atoms with Crippen molar-refractivity contribution in [3.05, 3.63) is 51.7 Å². The third-order valence-electron chi connectivity index (χ3n) is 3.17. The van der Waals surface area contributed by atoms with Crippen molar-refractivity contribution in [2.45, 2.75) is 13.8 Å². The first-order valence-electron chi connectivity index (χ1n) is 6.57. The molecule has 2 rings (SSSR count). The second-order valence-corrected chi connectivity index (χ2v) is 4.39. The van der Waals surface area contributed by atoms with Gasteiger partial charge in [0.05, 0.1) is 4.92 Å². The molecule has 0 radical (unpaired) electrons. The molecular formula is C14H15N3O4. The van der Waals surface area contributed by atoms with Crippen molar-refractivity contribution in [1.82, 2.24) is 4.90 Å². The van der Waals surface area contributed by atoms with E-state index in [1.165, 1.54) is 12.1 Å². The quantitative estimate of drug-likeness (QED) is 0.358. The summed E-state index contributed by atoms with van der Waals surface area (Å²) in [5, 5.41) is 14.4. The van der Waals surface area contributed by atoms with Crippen LogP contribution >= 0.6 is 0 Å². The van der Waals surface area contributed by atoms with Gasteiger partial charge in [-0.2, -0.15) is 0 Å². The fourth-order valence-electron chi connectivity index (χ4n) is 1.93. The van der Waals surface area contributed by atoms with Crippen LogP contribution in [-0.2, 0) is 9.63 Å². The minimum atomic E-state index is -0.518. The molecule has 1 heterocycles. The van der Waals surface area contributed by atoms with E-state index in [9.17, 15) is 14.9 Å². The Morgan fingerprint density at radius 2 is 1.90 bits per heavy atom. The van der Waals surface area contributed by atoms with Crippen LogP contribution in [0.15, 0.2) is 41.2 Å². The van der Waals surface area contributed by atoms with Gasteiger partial charge in [0.2, 0.25) is 0 Å². The van der Waals surface area contributed by atoms with E-state index in [1.807, 2.05) is 18.7 Å². The molecular weight excluding hydrogens is 274 g/mol. The summed E-state index contributed by atoms with van der Waals surface area (Å²) in [6.45, 7) is 5.45. The average molecular weight is 289 g/mol. The van der Waals surface area contributed by atoms with Crippen molar-refractivity contribution >= 4 is 17.4 Å². The van der Waals surface area contributed by atoms with Crippen LogP contribution in [-0.4, -0.2) is 34.6 Å². The molecule has 110 valence electrons. The van der Waals surface area contributed by atoms with E-state index in [2.05, 4.69) is 5.16 Å². The van der Waals surface area contributed by atoms with Crippen LogP contribution in [0.5, 0.6) is 0 Å². The molecule has 0 aliphatic carbocycles. The second kappa shape index (κ2) is 6.17. The topological polar surface area (TPSA) is 85.0 Å². The molecule has 7 heteroatoms. The molecule has 1 aliphatic heterocycles. The number of hydrogen-bond donors (Lipinski definition) is 0. The molecule has 0 saturated heterocycles. The number of nitrogens with zero attached hydrogens (tertiary/aromatic N) is 3. The van der Waals surface area contributed by atoms with Crippen molar-refractivity contribution in [3.63, 3.8) is 0 Å². The molecule has 0 bridgehead atoms. The van der Waals surface area contributed by atoms with Gasteiger partial charge in [0.15, 0.2) is 0 Å². The van der Waals surface area contributed by atoms with Crippen LogP contribution in [0.1, 0.15) is 19.4 Å². The van der Waals surface area contributed by atoms with E-state index in [4.69, 9.17) is 4.84 Å². The number of rotatable bonds is 5. The van der Waals surface area contributed by atoms with Gasteiger partial charge < -0.3 is 9.74 Å². The van der Waals surface area contributed by atoms with Crippen LogP contribution in [0.2, 0.25) is 0 Å². The van der Waals surface area contributed by atoms with E-state index >= 15 is 0 Å². The van der Waals surface area contributed by atoms with Crippen molar-refractivity contribution in [2.75, 3.05) is 13.1 Å². The van der Waals surface area contributed by atoms with Crippen molar-refractivity contribution in [3.8, 4) is 0 Å². The normalized spacial score (nSPS) is 15.8. The SMILES string of the molecule is CCN(/C=C1\C(=O)ON=C1c1ccc([N+](=O)[O-])cc1)CC. The summed E-state index contributed by atoms with van der Waals surface area (Å²) in [4.78, 5) is 28.6. The molecule has 1 aromatic rings. The predicted octanol–water partition coefficient (Wildman–Crippen LogP) is 2.08. The third-order valence-corrected chi connectivity index (χ3v) is 3.17. The van der Waals surface area contributed by atoms with Gasteiger partial charge in [0.1, 0.15) is 11.3 Å². The summed E-state index contributed by atoms with van der Waals surface area (Å²) in [7, 11) is 0. The zero-order valence-electron chi connectivity index (χ0n) is 11.8. The lowest BCUT2D eigenvalue weighted by molar-refractivity contribution is -0.384. The van der Waals surface area contributed by atoms with Gasteiger partial charge in [-0.05, 0) is 26.0 Å². The highest BCUT2D eigenvalue weighted by molar-refractivity contribution is 6.28. The van der Waals surface area contributed by atoms with E-state index in [0.717, 1.165) is 13.1 Å². The number of carbonyl (C=O) groups is 1. The first-order valence-corrected chi connectivity index (χ1v) is 6.57. The Morgan fingerprint density at radius 3 is 2.43 bits per heavy atom. The Hall–Kier alpha value is -2.70. The monoisotopic (exact) mass is 289 g/mol. The first-order chi connectivity index (χ1) is 10.1. The second-order valence-electron chi connectivity index (χ2n) is 4.39. The number of nitro benzene ring substituents is 1. The summed E-state index contributed by atoms with van der Waals surface area (Å²) in [6, 6.07) is 5.84. The Balaban J connectivity index is 2.33. The Morgan fingerprint density at radius 1 is 1.29 bits per heavy atom. The number of oxime groups is 1. The molecule has 1 aliphatic rings. The minimum absolute atomic E-state index is 0.0149. The highest BCUT2D eigenvalue weighted by Gasteiger charge is 2.27. The molecule has 0 spiro atoms. The standard InChI is InChI=1S/C14H15N3O4/c1-3-16(4-2)9-12-13(15-21-14(12)18)10-5-7-11(8-6-10)17(19)20/h5-9H,3-4H2,1-2H3/b12-9-. The van der Waals surface area contributed by atoms with Crippen LogP contribution in [0.4, 0.5) is 5.69 Å². The molecule has 0 N–H and O–H groups in total. The van der Waals surface area contributed by atoms with Crippen LogP contribution < -0.4 is 0 Å². The Labute approximate surface area is 121 Å². The molecule has 0 unspecified atom stereocenters. The maximum absolute atomic E-state index is 11.8. The summed E-state index contributed by atoms with van der Waals surface area (Å²) >= 11 is 0. The summed E-state index contributed by atoms with van der Waals surface area (Å²) in [6.07, 6.45) is 1.70. The maximum Gasteiger partial charge on any atom is 0.369 e. The average Bonchev–Trinajstić information content (AvgIpc) is 2.85. The highest BCUT2D eigenvalue weighted by Crippen LogP contribution is 2.21. The summed E-state index contributed by atoms with van der Waals surface area (Å²) < 4.78 is 0. The fraction of sp³-hybridized carbons (Fsp3) is 0.286. The smallest absolute Gasteiger partial charge is 0.369 e. The van der Waals surface area contributed by atoms with Gasteiger partial charge in [-0.15, -0.1) is 0 Å². The van der Waals surface area contributed by atoms with E-state index < -0.39 is 10.9 Å². The van der Waals surface area contributed by atoms with E-state index in [1.54, 1.807) is 18.3 Å². The lowest BCUT2D eigenvalue weighted by Gasteiger charge is -2.15. The van der Waals surface area contributed by atoms with Crippen LogP contribution in [0, 0.1) is 10.1 Å². The predicted molar refractivity (Wildman–Crippen MR) is 76.7 cm³/mol. The van der Waals surface area contributed by atoms with Gasteiger partial charge in [-0.3, -0.25) is 10.1 Å². The minimum Gasteiger partial charge on any atom is -0.377 e. The molecule has 0 fully saturated rings. The third kappa shape index (κ3) is 3.07. The number of hydrogen-bond acceptors (Lipinski definition) is 6. The number of benzene rings is 1. The Kier molecular flexibility index (Phi) is 4.32. The molecule has 1 aromatic carbocycles. The van der Waals surface area contributed by atoms with Crippen molar-refractivity contribution < 1.29 is 14.6 Å². The van der Waals surface area contributed by atoms with Gasteiger partial charge in [-0.25, -0.2) is 4.79 Å². The maximum atomic E-state index is 11.8. The number of carbonyl (C=O) groups excluding carboxylic acids is 1. The fourth-order valence-corrected chi connectivity index (χ4v) is 1.93. The van der Waals surface area contributed by atoms with Crippen molar-refractivity contribution in [1.29, 1.82) is 0 Å². The summed E-state index contributed by atoms with van der Waals surface area (Å²) in [5.74, 6) is -0.518. The highest BCUT2D eigenvalue weighted by atomic mass is 16.7. The van der Waals surface area contributed by atoms with Crippen LogP contribution in [0.25, 0.3) is 0 Å². The lowest BCUT2D eigenvalue weighted by Crippen LogP contribution is -2.19. The molecule has 0 saturated carbocycles. The molecule has 0 aromatic heterocycles. The largest absolute Gasteiger partial charge is 0.377 e. The number of non-ortho nitro benzene ring substituents is 1. The van der Waals surface area contributed by atoms with Gasteiger partial charge in [-0.1, -0.05) is 5.16 Å². The zero-order valence-corrected chi connectivity index (χ0v) is 11.8. The van der Waals surface area contributed by atoms with Crippen LogP contribution in [0.3, 0.4) is 0 Å². The Bertz CT molecular complexity index is 616. The van der Waals surface area contributed by atoms with Crippen molar-refractivity contribution in [2.24, 2.45) is 5.16 Å². The lowest BCUT2D eigenvalue weighted by atomic mass is 10.0. The van der Waals surface area contributed by atoms with Gasteiger partial charge in [0.25, 0.3) is 5.69 Å². The zero-order chi connectivity index (χ0) is 15.4. The van der Waals surface area contributed by atoms with Gasteiger partial charge >= 0.3 is 5.97 Å². The molecule has 7 nitrogen and oxygen atoms in total. The number of nitro groups is 1. The van der Waals surface area contributed by atoms with E-state index in [0.29, 0.717) is 16.8 Å². The molecule has 0 atom stereocenters. The molecule has 21 heavy (non-hydrogen) atoms. The van der Waals surface area contributed by atoms with Gasteiger partial charge in [0, 0.05) is 37.0 Å². The first kappa shape index (κ1) is 14.7. The van der Waals surface area contributed by atoms with E-state index in [-0.39, 0.29) is 5.69 Å². The summed E-state index contributed by atoms with van der Waals surface area (Å²) in [5.41, 5.74) is 1.33.